The van der Waals surface area contributed by atoms with Gasteiger partial charge >= 0.3 is 0 Å². The van der Waals surface area contributed by atoms with Crippen molar-refractivity contribution in [2.75, 3.05) is 4.90 Å². The highest BCUT2D eigenvalue weighted by molar-refractivity contribution is 6.22. The summed E-state index contributed by atoms with van der Waals surface area (Å²) in [6.45, 7) is 11.3. The topological polar surface area (TPSA) is 35.2 Å². The molecule has 0 saturated carbocycles. The number of ether oxygens (including phenoxy) is 1. The van der Waals surface area contributed by atoms with Gasteiger partial charge in [0.2, 0.25) is 0 Å². The molecule has 0 atom stereocenters. The number of para-hydroxylation sites is 2. The Kier molecular flexibility index (Phi) is 9.76. The smallest absolute Gasteiger partial charge is 0.137 e. The zero-order valence-electron chi connectivity index (χ0n) is 45.6. The summed E-state index contributed by atoms with van der Waals surface area (Å²) in [7, 11) is 0. The normalized spacial score (nSPS) is 13.5. The van der Waals surface area contributed by atoms with E-state index in [2.05, 4.69) is 244 Å². The molecule has 9 aromatic carbocycles. The second kappa shape index (κ2) is 17.2. The van der Waals surface area contributed by atoms with Gasteiger partial charge in [-0.25, -0.2) is 4.98 Å². The van der Waals surface area contributed by atoms with Crippen LogP contribution in [0.3, 0.4) is 0 Å². The van der Waals surface area contributed by atoms with Crippen LogP contribution in [0.25, 0.3) is 93.2 Å². The molecule has 5 heteroatoms. The minimum atomic E-state index is -2.30. The Morgan fingerprint density at radius 3 is 1.85 bits per heavy atom. The maximum Gasteiger partial charge on any atom is 0.137 e. The van der Waals surface area contributed by atoms with E-state index in [9.17, 15) is 0 Å². The summed E-state index contributed by atoms with van der Waals surface area (Å²) in [5.41, 5.74) is 12.5. The van der Waals surface area contributed by atoms with Crippen LogP contribution < -0.4 is 9.64 Å². The van der Waals surface area contributed by atoms with E-state index in [-0.39, 0.29) is 10.8 Å². The average Bonchev–Trinajstić information content (AvgIpc) is 4.22. The molecule has 0 radical (unpaired) electrons. The number of pyridine rings is 1. The third-order valence-corrected chi connectivity index (χ3v) is 15.0. The molecule has 74 heavy (non-hydrogen) atoms. The molecular formula is C69H58N4O. The third-order valence-electron chi connectivity index (χ3n) is 15.0. The molecular weight excluding hydrogens is 901 g/mol. The van der Waals surface area contributed by atoms with E-state index in [0.717, 1.165) is 105 Å². The van der Waals surface area contributed by atoms with E-state index in [1.54, 1.807) is 0 Å². The van der Waals surface area contributed by atoms with Crippen molar-refractivity contribution in [3.05, 3.63) is 229 Å². The molecule has 0 spiro atoms. The van der Waals surface area contributed by atoms with Gasteiger partial charge in [0, 0.05) is 55.2 Å². The number of hydrogen-bond acceptors (Lipinski definition) is 3. The fourth-order valence-corrected chi connectivity index (χ4v) is 11.3. The van der Waals surface area contributed by atoms with E-state index < -0.39 is 6.85 Å². The lowest BCUT2D eigenvalue weighted by atomic mass is 9.84. The number of rotatable bonds is 6. The van der Waals surface area contributed by atoms with Crippen LogP contribution in [-0.2, 0) is 17.5 Å². The highest BCUT2D eigenvalue weighted by Gasteiger charge is 2.27. The average molecular weight is 962 g/mol. The molecule has 0 saturated heterocycles. The Morgan fingerprint density at radius 1 is 0.459 bits per heavy atom. The zero-order valence-corrected chi connectivity index (χ0v) is 42.6. The second-order valence-electron chi connectivity index (χ2n) is 21.9. The van der Waals surface area contributed by atoms with Crippen LogP contribution in [0.5, 0.6) is 11.5 Å². The largest absolute Gasteiger partial charge is 0.457 e. The Balaban J connectivity index is 0.991. The Hall–Kier alpha value is -8.67. The second-order valence-corrected chi connectivity index (χ2v) is 21.9. The lowest BCUT2D eigenvalue weighted by molar-refractivity contribution is 0.483. The van der Waals surface area contributed by atoms with Gasteiger partial charge < -0.3 is 14.2 Å². The lowest BCUT2D eigenvalue weighted by Gasteiger charge is -2.22. The van der Waals surface area contributed by atoms with Crippen LogP contribution in [0.2, 0.25) is 0 Å². The molecule has 0 amide bonds. The molecule has 5 nitrogen and oxygen atoms in total. The monoisotopic (exact) mass is 961 g/mol. The van der Waals surface area contributed by atoms with Gasteiger partial charge in [0.05, 0.1) is 27.8 Å². The van der Waals surface area contributed by atoms with Gasteiger partial charge in [0.1, 0.15) is 24.0 Å². The molecule has 0 aliphatic carbocycles. The molecule has 1 aliphatic heterocycles. The highest BCUT2D eigenvalue weighted by Crippen LogP contribution is 2.46. The van der Waals surface area contributed by atoms with E-state index >= 15 is 0 Å². The van der Waals surface area contributed by atoms with Gasteiger partial charge in [-0.05, 0) is 122 Å². The first-order valence-corrected chi connectivity index (χ1v) is 25.6. The summed E-state index contributed by atoms with van der Waals surface area (Å²) in [5, 5.41) is 8.96. The van der Waals surface area contributed by atoms with Crippen molar-refractivity contribution in [3.63, 3.8) is 0 Å². The van der Waals surface area contributed by atoms with Gasteiger partial charge in [-0.1, -0.05) is 187 Å². The molecule has 0 fully saturated rings. The van der Waals surface area contributed by atoms with Gasteiger partial charge in [-0.15, -0.1) is 0 Å². The number of anilines is 2. The predicted octanol–water partition coefficient (Wildman–Crippen LogP) is 18.9. The van der Waals surface area contributed by atoms with Crippen molar-refractivity contribution in [1.29, 1.82) is 0 Å². The number of benzene rings is 9. The zero-order chi connectivity index (χ0) is 53.0. The third kappa shape index (κ3) is 7.65. The summed E-state index contributed by atoms with van der Waals surface area (Å²) in [5.74, 6) is 2.28. The van der Waals surface area contributed by atoms with Crippen LogP contribution in [0.1, 0.15) is 62.3 Å². The van der Waals surface area contributed by atoms with Gasteiger partial charge in [-0.2, -0.15) is 0 Å². The maximum absolute atomic E-state index is 8.64. The van der Waals surface area contributed by atoms with Crippen molar-refractivity contribution >= 4 is 76.5 Å². The Bertz CT molecular complexity index is 4390. The number of fused-ring (bicyclic) bond motifs is 10. The molecule has 1 aliphatic rings. The van der Waals surface area contributed by atoms with Crippen molar-refractivity contribution in [1.82, 2.24) is 14.1 Å². The first-order chi connectivity index (χ1) is 37.1. The fraction of sp³-hybridized carbons (Fsp3) is 0.145. The molecule has 0 unspecified atom stereocenters. The quantitative estimate of drug-likeness (QED) is 0.167. The first-order valence-electron chi connectivity index (χ1n) is 27.1. The summed E-state index contributed by atoms with van der Waals surface area (Å²) >= 11 is 0. The maximum atomic E-state index is 8.64. The summed E-state index contributed by atoms with van der Waals surface area (Å²) in [6.07, 6.45) is 1.92. The van der Waals surface area contributed by atoms with E-state index in [0.29, 0.717) is 23.7 Å². The van der Waals surface area contributed by atoms with Crippen molar-refractivity contribution in [2.45, 2.75) is 65.9 Å². The number of nitrogens with zero attached hydrogens (tertiary/aromatic N) is 4. The number of hydrogen-bond donors (Lipinski definition) is 0. The Morgan fingerprint density at radius 2 is 1.12 bits per heavy atom. The molecule has 0 bridgehead atoms. The highest BCUT2D eigenvalue weighted by atomic mass is 16.5. The minimum absolute atomic E-state index is 0.0643. The first kappa shape index (κ1) is 41.9. The molecule has 360 valence electrons. The molecule has 3 aromatic heterocycles. The minimum Gasteiger partial charge on any atom is -0.457 e. The van der Waals surface area contributed by atoms with E-state index in [4.69, 9.17) is 13.8 Å². The van der Waals surface area contributed by atoms with Crippen molar-refractivity contribution in [3.8, 4) is 39.6 Å². The molecule has 0 N–H and O–H groups in total. The SMILES string of the molecule is [2H]C([2H])([2H])c1cc(-c2cccc3c4ccccc4c4ccccc4c4cccc5c4n(c23)CN5c2cccc(Oc3ccc4c5cc(-c6ccccc6)ccc5n(-c5cc(C(C)(C)C)ccn5)c4c3)c2)cc(C(C)(C)C)c1. The fourth-order valence-electron chi connectivity index (χ4n) is 11.3. The van der Waals surface area contributed by atoms with Crippen LogP contribution >= 0.6 is 0 Å². The summed E-state index contributed by atoms with van der Waals surface area (Å²) in [6, 6.07) is 72.8. The van der Waals surface area contributed by atoms with Crippen molar-refractivity contribution < 1.29 is 8.85 Å². The predicted molar refractivity (Wildman–Crippen MR) is 312 cm³/mol. The molecule has 13 rings (SSSR count). The number of aromatic nitrogens is 3. The molecule has 4 heterocycles. The standard InChI is InChI=1S/C69H58N4O/c1-44-36-47(38-49(37-44)69(5,6)7)53-26-16-27-59-56-24-13-11-22-54(56)55-23-12-14-25-57(55)60-28-17-29-63-67(60)72(66(53)59)43-71(63)50-20-15-21-51(41-50)74-52-31-32-58-61-39-46(45-18-9-8-10-19-45)30-33-62(61)73(64(58)42-52)65-40-48(34-35-70-65)68(2,3)4/h8-42H,43H2,1-7H3/i1D3. The summed E-state index contributed by atoms with van der Waals surface area (Å²) < 4.78 is 37.6. The van der Waals surface area contributed by atoms with Crippen molar-refractivity contribution in [2.24, 2.45) is 0 Å². The van der Waals surface area contributed by atoms with E-state index in [1.807, 2.05) is 24.4 Å². The Labute approximate surface area is 437 Å². The lowest BCUT2D eigenvalue weighted by Crippen LogP contribution is -2.15. The van der Waals surface area contributed by atoms with Gasteiger partial charge in [0.25, 0.3) is 0 Å². The molecule has 12 aromatic rings. The summed E-state index contributed by atoms with van der Waals surface area (Å²) in [4.78, 5) is 7.36. The van der Waals surface area contributed by atoms with E-state index in [1.165, 1.54) is 11.1 Å². The van der Waals surface area contributed by atoms with Gasteiger partial charge in [0.15, 0.2) is 0 Å². The van der Waals surface area contributed by atoms with Crippen LogP contribution in [0.4, 0.5) is 11.4 Å². The van der Waals surface area contributed by atoms with Crippen LogP contribution in [0.15, 0.2) is 212 Å². The van der Waals surface area contributed by atoms with Gasteiger partial charge in [-0.3, -0.25) is 4.57 Å². The van der Waals surface area contributed by atoms with Crippen LogP contribution in [-0.4, -0.2) is 14.1 Å². The van der Waals surface area contributed by atoms with Crippen LogP contribution in [0, 0.1) is 6.85 Å². The number of aryl methyl sites for hydroxylation is 1.